The Bertz CT molecular complexity index is 359. The van der Waals surface area contributed by atoms with E-state index in [0.29, 0.717) is 11.3 Å². The second-order valence-electron chi connectivity index (χ2n) is 3.82. The monoisotopic (exact) mass is 205 g/mol. The van der Waals surface area contributed by atoms with Gasteiger partial charge < -0.3 is 10.6 Å². The highest BCUT2D eigenvalue weighted by molar-refractivity contribution is 5.98. The molecule has 1 fully saturated rings. The Morgan fingerprint density at radius 2 is 2.07 bits per heavy atom. The lowest BCUT2D eigenvalue weighted by Crippen LogP contribution is -2.35. The van der Waals surface area contributed by atoms with Crippen molar-refractivity contribution in [3.8, 4) is 0 Å². The maximum absolute atomic E-state index is 12.0. The number of pyridine rings is 1. The minimum Gasteiger partial charge on any atom is -0.397 e. The first kappa shape index (κ1) is 9.96. The third kappa shape index (κ3) is 2.09. The number of piperidine rings is 1. The minimum absolute atomic E-state index is 0.0367. The summed E-state index contributed by atoms with van der Waals surface area (Å²) in [5.74, 6) is 0.0367. The Morgan fingerprint density at radius 3 is 2.73 bits per heavy atom. The molecule has 2 heterocycles. The van der Waals surface area contributed by atoms with Gasteiger partial charge in [-0.3, -0.25) is 9.78 Å². The van der Waals surface area contributed by atoms with Gasteiger partial charge in [0.25, 0.3) is 5.91 Å². The fourth-order valence-electron chi connectivity index (χ4n) is 1.87. The SMILES string of the molecule is Nc1cnccc1C(=O)N1CCCCC1. The van der Waals surface area contributed by atoms with Crippen LogP contribution in [0, 0.1) is 0 Å². The van der Waals surface area contributed by atoms with E-state index in [0.717, 1.165) is 25.9 Å². The van der Waals surface area contributed by atoms with E-state index in [2.05, 4.69) is 4.98 Å². The van der Waals surface area contributed by atoms with Crippen LogP contribution in [-0.2, 0) is 0 Å². The summed E-state index contributed by atoms with van der Waals surface area (Å²) in [5, 5.41) is 0. The van der Waals surface area contributed by atoms with Crippen molar-refractivity contribution in [2.24, 2.45) is 0 Å². The van der Waals surface area contributed by atoms with Crippen molar-refractivity contribution in [2.75, 3.05) is 18.8 Å². The zero-order chi connectivity index (χ0) is 10.7. The number of nitrogens with two attached hydrogens (primary N) is 1. The number of carbonyl (C=O) groups excluding carboxylic acids is 1. The van der Waals surface area contributed by atoms with Gasteiger partial charge in [-0.1, -0.05) is 0 Å². The summed E-state index contributed by atoms with van der Waals surface area (Å²) in [6.45, 7) is 1.70. The molecule has 2 rings (SSSR count). The van der Waals surface area contributed by atoms with E-state index < -0.39 is 0 Å². The first-order valence-electron chi connectivity index (χ1n) is 5.28. The van der Waals surface area contributed by atoms with Crippen molar-refractivity contribution in [1.29, 1.82) is 0 Å². The maximum atomic E-state index is 12.0. The average molecular weight is 205 g/mol. The molecule has 0 radical (unpaired) electrons. The summed E-state index contributed by atoms with van der Waals surface area (Å²) in [5.41, 5.74) is 6.76. The van der Waals surface area contributed by atoms with Crippen LogP contribution >= 0.6 is 0 Å². The Morgan fingerprint density at radius 1 is 1.33 bits per heavy atom. The zero-order valence-corrected chi connectivity index (χ0v) is 8.65. The van der Waals surface area contributed by atoms with Gasteiger partial charge in [0.15, 0.2) is 0 Å². The normalized spacial score (nSPS) is 16.4. The van der Waals surface area contributed by atoms with Crippen LogP contribution in [-0.4, -0.2) is 28.9 Å². The van der Waals surface area contributed by atoms with Gasteiger partial charge in [-0.2, -0.15) is 0 Å². The molecule has 1 aliphatic rings. The second-order valence-corrected chi connectivity index (χ2v) is 3.82. The number of amides is 1. The van der Waals surface area contributed by atoms with Gasteiger partial charge in [0.1, 0.15) is 0 Å². The average Bonchev–Trinajstić information content (AvgIpc) is 2.30. The van der Waals surface area contributed by atoms with E-state index in [1.54, 1.807) is 12.3 Å². The highest BCUT2D eigenvalue weighted by Gasteiger charge is 2.19. The Labute approximate surface area is 89.1 Å². The number of hydrogen-bond acceptors (Lipinski definition) is 3. The number of carbonyl (C=O) groups is 1. The second kappa shape index (κ2) is 4.29. The molecule has 0 bridgehead atoms. The van der Waals surface area contributed by atoms with Gasteiger partial charge in [0.05, 0.1) is 17.4 Å². The van der Waals surface area contributed by atoms with Gasteiger partial charge in [-0.05, 0) is 25.3 Å². The molecular weight excluding hydrogens is 190 g/mol. The van der Waals surface area contributed by atoms with Gasteiger partial charge in [-0.25, -0.2) is 0 Å². The molecule has 0 saturated carbocycles. The van der Waals surface area contributed by atoms with Crippen LogP contribution in [0.3, 0.4) is 0 Å². The summed E-state index contributed by atoms with van der Waals surface area (Å²) in [6.07, 6.45) is 6.54. The van der Waals surface area contributed by atoms with Crippen molar-refractivity contribution in [2.45, 2.75) is 19.3 Å². The summed E-state index contributed by atoms with van der Waals surface area (Å²) < 4.78 is 0. The number of anilines is 1. The van der Waals surface area contributed by atoms with Crippen LogP contribution in [0.4, 0.5) is 5.69 Å². The quantitative estimate of drug-likeness (QED) is 0.751. The molecular formula is C11H15N3O. The van der Waals surface area contributed by atoms with E-state index in [-0.39, 0.29) is 5.91 Å². The van der Waals surface area contributed by atoms with E-state index in [9.17, 15) is 4.79 Å². The third-order valence-corrected chi connectivity index (χ3v) is 2.73. The summed E-state index contributed by atoms with van der Waals surface area (Å²) in [6, 6.07) is 1.69. The Balaban J connectivity index is 2.16. The lowest BCUT2D eigenvalue weighted by Gasteiger charge is -2.27. The predicted octanol–water partition coefficient (Wildman–Crippen LogP) is 1.29. The topological polar surface area (TPSA) is 59.2 Å². The van der Waals surface area contributed by atoms with Crippen molar-refractivity contribution >= 4 is 11.6 Å². The van der Waals surface area contributed by atoms with Gasteiger partial charge >= 0.3 is 0 Å². The molecule has 0 aromatic carbocycles. The van der Waals surface area contributed by atoms with Crippen molar-refractivity contribution in [3.05, 3.63) is 24.0 Å². The molecule has 1 amide bonds. The smallest absolute Gasteiger partial charge is 0.256 e. The van der Waals surface area contributed by atoms with Crippen LogP contribution in [0.15, 0.2) is 18.5 Å². The molecule has 1 aliphatic heterocycles. The number of rotatable bonds is 1. The van der Waals surface area contributed by atoms with Crippen LogP contribution in [0.2, 0.25) is 0 Å². The molecule has 1 aromatic heterocycles. The largest absolute Gasteiger partial charge is 0.397 e. The van der Waals surface area contributed by atoms with E-state index >= 15 is 0 Å². The van der Waals surface area contributed by atoms with Crippen molar-refractivity contribution in [3.63, 3.8) is 0 Å². The summed E-state index contributed by atoms with van der Waals surface area (Å²) in [4.78, 5) is 17.8. The highest BCUT2D eigenvalue weighted by Crippen LogP contribution is 2.16. The van der Waals surface area contributed by atoms with E-state index in [1.807, 2.05) is 4.90 Å². The molecule has 4 nitrogen and oxygen atoms in total. The summed E-state index contributed by atoms with van der Waals surface area (Å²) >= 11 is 0. The fourth-order valence-corrected chi connectivity index (χ4v) is 1.87. The van der Waals surface area contributed by atoms with Crippen molar-refractivity contribution in [1.82, 2.24) is 9.88 Å². The molecule has 1 saturated heterocycles. The molecule has 2 N–H and O–H groups in total. The molecule has 15 heavy (non-hydrogen) atoms. The minimum atomic E-state index is 0.0367. The molecule has 0 spiro atoms. The van der Waals surface area contributed by atoms with Crippen molar-refractivity contribution < 1.29 is 4.79 Å². The first-order chi connectivity index (χ1) is 7.29. The maximum Gasteiger partial charge on any atom is 0.256 e. The molecule has 1 aromatic rings. The molecule has 80 valence electrons. The Kier molecular flexibility index (Phi) is 2.85. The van der Waals surface area contributed by atoms with E-state index in [1.165, 1.54) is 12.6 Å². The van der Waals surface area contributed by atoms with Crippen LogP contribution in [0.1, 0.15) is 29.6 Å². The molecule has 0 atom stereocenters. The molecule has 0 unspecified atom stereocenters. The van der Waals surface area contributed by atoms with Gasteiger partial charge in [-0.15, -0.1) is 0 Å². The summed E-state index contributed by atoms with van der Waals surface area (Å²) in [7, 11) is 0. The number of hydrogen-bond donors (Lipinski definition) is 1. The third-order valence-electron chi connectivity index (χ3n) is 2.73. The lowest BCUT2D eigenvalue weighted by atomic mass is 10.1. The molecule has 0 aliphatic carbocycles. The fraction of sp³-hybridized carbons (Fsp3) is 0.455. The predicted molar refractivity (Wildman–Crippen MR) is 58.4 cm³/mol. The van der Waals surface area contributed by atoms with Gasteiger partial charge in [0, 0.05) is 19.3 Å². The number of likely N-dealkylation sites (tertiary alicyclic amines) is 1. The Hall–Kier alpha value is -1.58. The standard InChI is InChI=1S/C11H15N3O/c12-10-8-13-5-4-9(10)11(15)14-6-2-1-3-7-14/h4-5,8H,1-3,6-7,12H2. The van der Waals surface area contributed by atoms with Gasteiger partial charge in [0.2, 0.25) is 0 Å². The lowest BCUT2D eigenvalue weighted by molar-refractivity contribution is 0.0725. The number of nitrogens with zero attached hydrogens (tertiary/aromatic N) is 2. The van der Waals surface area contributed by atoms with E-state index in [4.69, 9.17) is 5.73 Å². The first-order valence-corrected chi connectivity index (χ1v) is 5.28. The number of aromatic nitrogens is 1. The van der Waals surface area contributed by atoms with Crippen LogP contribution in [0.25, 0.3) is 0 Å². The van der Waals surface area contributed by atoms with Crippen LogP contribution < -0.4 is 5.73 Å². The highest BCUT2D eigenvalue weighted by atomic mass is 16.2. The zero-order valence-electron chi connectivity index (χ0n) is 8.65. The van der Waals surface area contributed by atoms with Crippen LogP contribution in [0.5, 0.6) is 0 Å². The number of nitrogen functional groups attached to an aromatic ring is 1. The molecule has 4 heteroatoms.